The first-order valence-corrected chi connectivity index (χ1v) is 29.1. The maximum Gasteiger partial charge on any atom is 0.306 e. The fourth-order valence-electron chi connectivity index (χ4n) is 9.11. The number of nitrogens with one attached hydrogen (secondary N) is 1. The van der Waals surface area contributed by atoms with Crippen LogP contribution in [-0.2, 0) is 14.3 Å². The zero-order valence-electron chi connectivity index (χ0n) is 43.9. The van der Waals surface area contributed by atoms with Crippen molar-refractivity contribution < 1.29 is 24.5 Å². The molecule has 0 fully saturated rings. The molecule has 3 unspecified atom stereocenters. The molecular formula is C59H113NO5. The van der Waals surface area contributed by atoms with Gasteiger partial charge in [0.15, 0.2) is 0 Å². The van der Waals surface area contributed by atoms with Gasteiger partial charge in [0.2, 0.25) is 5.91 Å². The Morgan fingerprint density at radius 3 is 1.20 bits per heavy atom. The molecule has 0 aromatic rings. The second-order valence-corrected chi connectivity index (χ2v) is 20.1. The van der Waals surface area contributed by atoms with E-state index < -0.39 is 18.2 Å². The van der Waals surface area contributed by atoms with Crippen molar-refractivity contribution in [2.45, 2.75) is 334 Å². The third kappa shape index (κ3) is 48.6. The summed E-state index contributed by atoms with van der Waals surface area (Å²) in [5.74, 6) is -0.461. The average Bonchev–Trinajstić information content (AvgIpc) is 3.30. The van der Waals surface area contributed by atoms with Gasteiger partial charge in [0.25, 0.3) is 0 Å². The van der Waals surface area contributed by atoms with Gasteiger partial charge in [-0.15, -0.1) is 0 Å². The van der Waals surface area contributed by atoms with E-state index in [0.29, 0.717) is 19.3 Å². The van der Waals surface area contributed by atoms with E-state index in [4.69, 9.17) is 4.74 Å². The van der Waals surface area contributed by atoms with Crippen LogP contribution in [0.15, 0.2) is 24.3 Å². The number of carbonyl (C=O) groups excluding carboxylic acids is 2. The second kappa shape index (κ2) is 53.3. The monoisotopic (exact) mass is 916 g/mol. The minimum atomic E-state index is -0.786. The van der Waals surface area contributed by atoms with Crippen molar-refractivity contribution in [1.82, 2.24) is 5.32 Å². The smallest absolute Gasteiger partial charge is 0.306 e. The highest BCUT2D eigenvalue weighted by atomic mass is 16.5. The number of hydrogen-bond acceptors (Lipinski definition) is 5. The lowest BCUT2D eigenvalue weighted by molar-refractivity contribution is -0.151. The molecule has 0 aliphatic heterocycles. The first kappa shape index (κ1) is 63.3. The predicted octanol–water partition coefficient (Wildman–Crippen LogP) is 17.9. The van der Waals surface area contributed by atoms with Gasteiger partial charge < -0.3 is 20.3 Å². The standard InChI is InChI=1S/C59H113NO5/c1-4-7-10-13-16-19-22-25-27-29-31-33-35-38-41-44-47-50-55(65-59(64)52-49-46-43-40-37-34-32-30-28-26-23-20-17-14-11-8-5-2)53-58(63)60-56(54-61)57(62)51-48-45-42-39-36-24-21-18-15-12-9-6-3/h16,19,25,27,55-57,61-62H,4-15,17-18,20-24,26,28-54H2,1-3H3,(H,60,63)/b19-16-,27-25-. The Morgan fingerprint density at radius 2 is 0.785 bits per heavy atom. The van der Waals surface area contributed by atoms with Gasteiger partial charge in [-0.25, -0.2) is 0 Å². The quantitative estimate of drug-likeness (QED) is 0.0321. The molecule has 0 aliphatic rings. The molecule has 384 valence electrons. The molecule has 0 saturated heterocycles. The Morgan fingerprint density at radius 1 is 0.446 bits per heavy atom. The van der Waals surface area contributed by atoms with Crippen LogP contribution in [0.2, 0.25) is 0 Å². The van der Waals surface area contributed by atoms with Gasteiger partial charge in [0.1, 0.15) is 6.10 Å². The summed E-state index contributed by atoms with van der Waals surface area (Å²) in [5.41, 5.74) is 0. The van der Waals surface area contributed by atoms with Crippen molar-refractivity contribution in [1.29, 1.82) is 0 Å². The average molecular weight is 917 g/mol. The summed E-state index contributed by atoms with van der Waals surface area (Å²) in [6.45, 7) is 6.49. The minimum Gasteiger partial charge on any atom is -0.462 e. The molecule has 3 atom stereocenters. The van der Waals surface area contributed by atoms with E-state index in [1.807, 2.05) is 0 Å². The topological polar surface area (TPSA) is 95.9 Å². The minimum absolute atomic E-state index is 0.0782. The van der Waals surface area contributed by atoms with Crippen LogP contribution in [-0.4, -0.2) is 46.9 Å². The fourth-order valence-corrected chi connectivity index (χ4v) is 9.11. The van der Waals surface area contributed by atoms with Gasteiger partial charge in [-0.05, 0) is 57.8 Å². The molecule has 1 amide bonds. The number of aliphatic hydroxyl groups excluding tert-OH is 2. The molecule has 0 rings (SSSR count). The normalized spacial score (nSPS) is 13.2. The molecule has 0 spiro atoms. The molecule has 3 N–H and O–H groups in total. The molecule has 0 heterocycles. The highest BCUT2D eigenvalue weighted by Gasteiger charge is 2.24. The maximum absolute atomic E-state index is 13.3. The van der Waals surface area contributed by atoms with Gasteiger partial charge >= 0.3 is 5.97 Å². The Balaban J connectivity index is 4.53. The molecule has 0 aliphatic carbocycles. The van der Waals surface area contributed by atoms with Crippen molar-refractivity contribution >= 4 is 11.9 Å². The Kier molecular flexibility index (Phi) is 51.9. The number of hydrogen-bond donors (Lipinski definition) is 3. The van der Waals surface area contributed by atoms with E-state index in [1.165, 1.54) is 205 Å². The Hall–Kier alpha value is -1.66. The van der Waals surface area contributed by atoms with Gasteiger partial charge in [0, 0.05) is 6.42 Å². The summed E-state index contributed by atoms with van der Waals surface area (Å²) >= 11 is 0. The number of rotatable bonds is 53. The van der Waals surface area contributed by atoms with Crippen LogP contribution in [0.25, 0.3) is 0 Å². The van der Waals surface area contributed by atoms with Crippen molar-refractivity contribution in [3.63, 3.8) is 0 Å². The van der Waals surface area contributed by atoms with Crippen LogP contribution in [0, 0.1) is 0 Å². The molecule has 0 aromatic carbocycles. The van der Waals surface area contributed by atoms with E-state index >= 15 is 0 Å². The summed E-state index contributed by atoms with van der Waals surface area (Å²) < 4.78 is 5.97. The van der Waals surface area contributed by atoms with Crippen LogP contribution in [0.5, 0.6) is 0 Å². The van der Waals surface area contributed by atoms with Crippen LogP contribution in [0.4, 0.5) is 0 Å². The van der Waals surface area contributed by atoms with Gasteiger partial charge in [-0.1, -0.05) is 270 Å². The lowest BCUT2D eigenvalue weighted by atomic mass is 10.0. The zero-order valence-corrected chi connectivity index (χ0v) is 43.9. The summed E-state index contributed by atoms with van der Waals surface area (Å²) in [6, 6.07) is -0.700. The SMILES string of the molecule is CCCCC/C=C\C/C=C\CCCCCCCCCC(CC(=O)NC(CO)C(O)CCCCCCCCCCCCCC)OC(=O)CCCCCCCCCCCCCCCCCCC. The lowest BCUT2D eigenvalue weighted by Crippen LogP contribution is -2.46. The number of amides is 1. The lowest BCUT2D eigenvalue weighted by Gasteiger charge is -2.24. The van der Waals surface area contributed by atoms with Crippen LogP contribution >= 0.6 is 0 Å². The molecule has 0 saturated carbocycles. The number of aliphatic hydroxyl groups is 2. The molecular weight excluding hydrogens is 803 g/mol. The largest absolute Gasteiger partial charge is 0.462 e. The highest BCUT2D eigenvalue weighted by molar-refractivity contribution is 5.77. The summed E-state index contributed by atoms with van der Waals surface area (Å²) in [5, 5.41) is 23.9. The first-order valence-electron chi connectivity index (χ1n) is 29.1. The Labute approximate surface area is 405 Å². The molecule has 6 heteroatoms. The molecule has 65 heavy (non-hydrogen) atoms. The maximum atomic E-state index is 13.3. The van der Waals surface area contributed by atoms with E-state index in [1.54, 1.807) is 0 Å². The number of carbonyl (C=O) groups is 2. The Bertz CT molecular complexity index is 1030. The van der Waals surface area contributed by atoms with Crippen LogP contribution < -0.4 is 5.32 Å². The third-order valence-corrected chi connectivity index (χ3v) is 13.5. The number of ether oxygens (including phenoxy) is 1. The zero-order chi connectivity index (χ0) is 47.4. The van der Waals surface area contributed by atoms with Gasteiger partial charge in [-0.2, -0.15) is 0 Å². The number of allylic oxidation sites excluding steroid dienone is 4. The molecule has 0 radical (unpaired) electrons. The summed E-state index contributed by atoms with van der Waals surface area (Å²) in [4.78, 5) is 26.3. The summed E-state index contributed by atoms with van der Waals surface area (Å²) in [6.07, 6.45) is 62.4. The van der Waals surface area contributed by atoms with E-state index in [9.17, 15) is 19.8 Å². The molecule has 0 bridgehead atoms. The number of esters is 1. The van der Waals surface area contributed by atoms with Crippen LogP contribution in [0.1, 0.15) is 316 Å². The second-order valence-electron chi connectivity index (χ2n) is 20.1. The van der Waals surface area contributed by atoms with Crippen LogP contribution in [0.3, 0.4) is 0 Å². The predicted molar refractivity (Wildman–Crippen MR) is 283 cm³/mol. The van der Waals surface area contributed by atoms with Gasteiger partial charge in [-0.3, -0.25) is 9.59 Å². The van der Waals surface area contributed by atoms with Crippen molar-refractivity contribution in [2.75, 3.05) is 6.61 Å². The fraction of sp³-hybridized carbons (Fsp3) is 0.898. The number of unbranched alkanes of at least 4 members (excludes halogenated alkanes) is 37. The van der Waals surface area contributed by atoms with Crippen molar-refractivity contribution in [3.05, 3.63) is 24.3 Å². The summed E-state index contributed by atoms with van der Waals surface area (Å²) in [7, 11) is 0. The van der Waals surface area contributed by atoms with E-state index in [2.05, 4.69) is 50.4 Å². The van der Waals surface area contributed by atoms with Crippen molar-refractivity contribution in [2.24, 2.45) is 0 Å². The van der Waals surface area contributed by atoms with Crippen molar-refractivity contribution in [3.8, 4) is 0 Å². The molecule has 0 aromatic heterocycles. The van der Waals surface area contributed by atoms with E-state index in [-0.39, 0.29) is 24.9 Å². The molecule has 6 nitrogen and oxygen atoms in total. The first-order chi connectivity index (χ1) is 32.0. The third-order valence-electron chi connectivity index (χ3n) is 13.5. The van der Waals surface area contributed by atoms with Gasteiger partial charge in [0.05, 0.1) is 25.2 Å². The van der Waals surface area contributed by atoms with E-state index in [0.717, 1.165) is 64.2 Å². The highest BCUT2D eigenvalue weighted by Crippen LogP contribution is 2.19.